The normalized spacial score (nSPS) is 35.7. The van der Waals surface area contributed by atoms with Crippen molar-refractivity contribution in [2.75, 3.05) is 19.6 Å². The van der Waals surface area contributed by atoms with Gasteiger partial charge in [-0.1, -0.05) is 6.42 Å². The minimum absolute atomic E-state index is 0.321. The zero-order valence-corrected chi connectivity index (χ0v) is 8.50. The monoisotopic (exact) mass is 198 g/mol. The molecule has 13 heavy (non-hydrogen) atoms. The van der Waals surface area contributed by atoms with Crippen molar-refractivity contribution in [3.05, 3.63) is 0 Å². The Morgan fingerprint density at radius 2 is 2.00 bits per heavy atom. The lowest BCUT2D eigenvalue weighted by molar-refractivity contribution is 0.320. The van der Waals surface area contributed by atoms with Gasteiger partial charge in [0.25, 0.3) is 0 Å². The van der Waals surface area contributed by atoms with Gasteiger partial charge in [-0.15, -0.1) is 11.6 Å². The molecule has 1 aliphatic carbocycles. The number of hydrogen-bond acceptors (Lipinski definition) is 2. The second kappa shape index (κ2) is 3.86. The molecule has 0 aromatic carbocycles. The first-order valence-corrected chi connectivity index (χ1v) is 5.49. The molecule has 1 aliphatic heterocycles. The molecule has 0 aromatic heterocycles. The maximum atomic E-state index is 8.59. The maximum Gasteiger partial charge on any atom is 0.133 e. The Bertz CT molecular complexity index is 211. The third kappa shape index (κ3) is 1.98. The van der Waals surface area contributed by atoms with Crippen molar-refractivity contribution in [1.82, 2.24) is 4.90 Å². The molecule has 1 heterocycles. The van der Waals surface area contributed by atoms with Gasteiger partial charge in [-0.05, 0) is 24.7 Å². The van der Waals surface area contributed by atoms with E-state index in [1.54, 1.807) is 0 Å². The highest BCUT2D eigenvalue weighted by molar-refractivity contribution is 6.22. The molecule has 0 amide bonds. The number of rotatable bonds is 2. The van der Waals surface area contributed by atoms with Gasteiger partial charge in [-0.2, -0.15) is 5.26 Å². The van der Waals surface area contributed by atoms with Gasteiger partial charge >= 0.3 is 0 Å². The van der Waals surface area contributed by atoms with E-state index in [0.29, 0.717) is 0 Å². The average molecular weight is 199 g/mol. The van der Waals surface area contributed by atoms with Crippen LogP contribution in [0.1, 0.15) is 19.3 Å². The van der Waals surface area contributed by atoms with E-state index in [1.165, 1.54) is 32.4 Å². The van der Waals surface area contributed by atoms with Crippen molar-refractivity contribution >= 4 is 11.6 Å². The van der Waals surface area contributed by atoms with Crippen molar-refractivity contribution in [2.45, 2.75) is 24.6 Å². The van der Waals surface area contributed by atoms with Crippen molar-refractivity contribution in [3.63, 3.8) is 0 Å². The average Bonchev–Trinajstić information content (AvgIpc) is 2.63. The van der Waals surface area contributed by atoms with E-state index in [0.717, 1.165) is 18.4 Å². The smallest absolute Gasteiger partial charge is 0.133 e. The predicted molar refractivity (Wildman–Crippen MR) is 52.5 cm³/mol. The molecule has 0 N–H and O–H groups in total. The van der Waals surface area contributed by atoms with Crippen molar-refractivity contribution in [1.29, 1.82) is 5.26 Å². The van der Waals surface area contributed by atoms with Gasteiger partial charge in [0.1, 0.15) is 5.38 Å². The molecule has 3 heteroatoms. The molecule has 2 aliphatic rings. The van der Waals surface area contributed by atoms with Crippen molar-refractivity contribution in [2.24, 2.45) is 11.8 Å². The molecule has 1 saturated heterocycles. The first kappa shape index (κ1) is 9.30. The molecule has 3 atom stereocenters. The first-order chi connectivity index (χ1) is 6.29. The number of fused-ring (bicyclic) bond motifs is 1. The van der Waals surface area contributed by atoms with Gasteiger partial charge < -0.3 is 4.90 Å². The Kier molecular flexibility index (Phi) is 2.76. The summed E-state index contributed by atoms with van der Waals surface area (Å²) in [5, 5.41) is 8.27. The standard InChI is InChI=1S/C10H15ClN2/c11-10(4-12)7-13-5-8-2-1-3-9(8)6-13/h8-10H,1-3,5-7H2. The highest BCUT2D eigenvalue weighted by atomic mass is 35.5. The second-order valence-corrected chi connectivity index (χ2v) is 4.79. The molecule has 1 saturated carbocycles. The lowest BCUT2D eigenvalue weighted by Crippen LogP contribution is -2.28. The van der Waals surface area contributed by atoms with Crippen molar-refractivity contribution in [3.8, 4) is 6.07 Å². The van der Waals surface area contributed by atoms with E-state index >= 15 is 0 Å². The summed E-state index contributed by atoms with van der Waals surface area (Å²) in [5.74, 6) is 1.81. The van der Waals surface area contributed by atoms with E-state index in [4.69, 9.17) is 16.9 Å². The third-order valence-corrected chi connectivity index (χ3v) is 3.60. The predicted octanol–water partition coefficient (Wildman–Crippen LogP) is 1.85. The molecule has 0 aromatic rings. The summed E-state index contributed by atoms with van der Waals surface area (Å²) in [6, 6.07) is 2.08. The van der Waals surface area contributed by atoms with E-state index < -0.39 is 0 Å². The van der Waals surface area contributed by atoms with E-state index in [2.05, 4.69) is 11.0 Å². The van der Waals surface area contributed by atoms with Crippen LogP contribution in [0.2, 0.25) is 0 Å². The Morgan fingerprint density at radius 1 is 1.38 bits per heavy atom. The summed E-state index contributed by atoms with van der Waals surface area (Å²) in [6.45, 7) is 3.11. The van der Waals surface area contributed by atoms with Gasteiger partial charge in [0.15, 0.2) is 0 Å². The minimum atomic E-state index is -0.321. The second-order valence-electron chi connectivity index (χ2n) is 4.27. The van der Waals surface area contributed by atoms with Gasteiger partial charge in [0.2, 0.25) is 0 Å². The van der Waals surface area contributed by atoms with Crippen LogP contribution in [0.25, 0.3) is 0 Å². The molecule has 2 rings (SSSR count). The van der Waals surface area contributed by atoms with Gasteiger partial charge in [0, 0.05) is 19.6 Å². The number of alkyl halides is 1. The largest absolute Gasteiger partial charge is 0.300 e. The summed E-state index contributed by atoms with van der Waals surface area (Å²) in [5.41, 5.74) is 0. The van der Waals surface area contributed by atoms with Crippen LogP contribution in [-0.4, -0.2) is 29.9 Å². The van der Waals surface area contributed by atoms with Crippen LogP contribution in [0.15, 0.2) is 0 Å². The molecule has 0 radical (unpaired) electrons. The Morgan fingerprint density at radius 3 is 2.54 bits per heavy atom. The third-order valence-electron chi connectivity index (χ3n) is 3.36. The lowest BCUT2D eigenvalue weighted by atomic mass is 10.0. The van der Waals surface area contributed by atoms with E-state index in [-0.39, 0.29) is 5.38 Å². The fourth-order valence-corrected chi connectivity index (χ4v) is 2.94. The van der Waals surface area contributed by atoms with Crippen molar-refractivity contribution < 1.29 is 0 Å². The minimum Gasteiger partial charge on any atom is -0.300 e. The van der Waals surface area contributed by atoms with E-state index in [1.807, 2.05) is 0 Å². The summed E-state index contributed by atoms with van der Waals surface area (Å²) in [7, 11) is 0. The highest BCUT2D eigenvalue weighted by Gasteiger charge is 2.36. The van der Waals surface area contributed by atoms with E-state index in [9.17, 15) is 0 Å². The van der Waals surface area contributed by atoms with Crippen LogP contribution in [0.5, 0.6) is 0 Å². The number of nitrogens with zero attached hydrogens (tertiary/aromatic N) is 2. The number of halogens is 1. The van der Waals surface area contributed by atoms with Gasteiger partial charge in [-0.25, -0.2) is 0 Å². The molecule has 72 valence electrons. The Hall–Kier alpha value is -0.260. The molecular formula is C10H15ClN2. The van der Waals surface area contributed by atoms with Crippen LogP contribution in [0.3, 0.4) is 0 Å². The van der Waals surface area contributed by atoms with Crippen LogP contribution in [0.4, 0.5) is 0 Å². The Balaban J connectivity index is 1.82. The quantitative estimate of drug-likeness (QED) is 0.634. The summed E-state index contributed by atoms with van der Waals surface area (Å²) in [4.78, 5) is 2.36. The first-order valence-electron chi connectivity index (χ1n) is 5.05. The number of nitriles is 1. The Labute approximate surface area is 84.5 Å². The van der Waals surface area contributed by atoms with Crippen LogP contribution < -0.4 is 0 Å². The molecule has 3 unspecified atom stereocenters. The summed E-state index contributed by atoms with van der Waals surface area (Å²) in [6.07, 6.45) is 4.19. The lowest BCUT2D eigenvalue weighted by Gasteiger charge is -2.16. The van der Waals surface area contributed by atoms with Crippen LogP contribution in [-0.2, 0) is 0 Å². The fraction of sp³-hybridized carbons (Fsp3) is 0.900. The highest BCUT2D eigenvalue weighted by Crippen LogP contribution is 2.37. The molecule has 2 nitrogen and oxygen atoms in total. The van der Waals surface area contributed by atoms with Crippen LogP contribution in [0, 0.1) is 23.2 Å². The van der Waals surface area contributed by atoms with Gasteiger partial charge in [-0.3, -0.25) is 0 Å². The molecular weight excluding hydrogens is 184 g/mol. The molecule has 2 fully saturated rings. The fourth-order valence-electron chi connectivity index (χ4n) is 2.75. The maximum absolute atomic E-state index is 8.59. The van der Waals surface area contributed by atoms with Gasteiger partial charge in [0.05, 0.1) is 6.07 Å². The zero-order valence-electron chi connectivity index (χ0n) is 7.75. The zero-order chi connectivity index (χ0) is 9.26. The molecule has 0 spiro atoms. The topological polar surface area (TPSA) is 27.0 Å². The molecule has 0 bridgehead atoms. The SMILES string of the molecule is N#CC(Cl)CN1CC2CCCC2C1. The number of hydrogen-bond donors (Lipinski definition) is 0. The van der Waals surface area contributed by atoms with Crippen LogP contribution >= 0.6 is 11.6 Å². The number of likely N-dealkylation sites (tertiary alicyclic amines) is 1. The summed E-state index contributed by atoms with van der Waals surface area (Å²) >= 11 is 5.80. The summed E-state index contributed by atoms with van der Waals surface area (Å²) < 4.78 is 0.